The van der Waals surface area contributed by atoms with Crippen molar-refractivity contribution < 1.29 is 4.52 Å². The van der Waals surface area contributed by atoms with E-state index in [-0.39, 0.29) is 0 Å². The zero-order valence-corrected chi connectivity index (χ0v) is 14.1. The number of pyridine rings is 1. The average molecular weight is 329 g/mol. The van der Waals surface area contributed by atoms with E-state index in [1.807, 2.05) is 18.3 Å². The van der Waals surface area contributed by atoms with Crippen LogP contribution >= 0.6 is 11.3 Å². The van der Waals surface area contributed by atoms with Gasteiger partial charge in [0.25, 0.3) is 0 Å². The highest BCUT2D eigenvalue weighted by atomic mass is 32.1. The number of fused-ring (bicyclic) bond motifs is 1. The summed E-state index contributed by atoms with van der Waals surface area (Å²) >= 11 is 1.66. The van der Waals surface area contributed by atoms with Gasteiger partial charge in [-0.2, -0.15) is 4.98 Å². The van der Waals surface area contributed by atoms with Gasteiger partial charge in [-0.25, -0.2) is 9.97 Å². The minimum Gasteiger partial charge on any atom is -0.348 e. The van der Waals surface area contributed by atoms with Crippen molar-refractivity contribution in [2.24, 2.45) is 0 Å². The molecule has 0 atom stereocenters. The Morgan fingerprint density at radius 2 is 2.09 bits per heavy atom. The van der Waals surface area contributed by atoms with Crippen LogP contribution in [0.2, 0.25) is 0 Å². The number of piperidine rings is 1. The Morgan fingerprint density at radius 3 is 2.78 bits per heavy atom. The van der Waals surface area contributed by atoms with Gasteiger partial charge in [0.05, 0.1) is 0 Å². The monoisotopic (exact) mass is 329 g/mol. The molecular weight excluding hydrogens is 310 g/mol. The normalized spacial score (nSPS) is 16.6. The lowest BCUT2D eigenvalue weighted by molar-refractivity contribution is 0.326. The predicted molar refractivity (Wildman–Crippen MR) is 90.0 cm³/mol. The maximum Gasteiger partial charge on any atom is 0.229 e. The Morgan fingerprint density at radius 1 is 1.26 bits per heavy atom. The van der Waals surface area contributed by atoms with Gasteiger partial charge in [-0.15, -0.1) is 0 Å². The highest BCUT2D eigenvalue weighted by Gasteiger charge is 2.27. The second-order valence-corrected chi connectivity index (χ2v) is 7.19. The first-order chi connectivity index (χ1) is 11.2. The Hall–Kier alpha value is -2.02. The zero-order chi connectivity index (χ0) is 15.8. The minimum absolute atomic E-state index is 0.308. The molecule has 1 fully saturated rings. The third-order valence-electron chi connectivity index (χ3n) is 4.24. The summed E-state index contributed by atoms with van der Waals surface area (Å²) in [5, 5.41) is 5.14. The van der Waals surface area contributed by atoms with Crippen molar-refractivity contribution in [2.75, 3.05) is 18.0 Å². The van der Waals surface area contributed by atoms with E-state index >= 15 is 0 Å². The van der Waals surface area contributed by atoms with Crippen LogP contribution in [0.25, 0.3) is 10.3 Å². The van der Waals surface area contributed by atoms with E-state index in [2.05, 4.69) is 33.9 Å². The van der Waals surface area contributed by atoms with Gasteiger partial charge in [0.2, 0.25) is 5.89 Å². The number of nitrogens with zero attached hydrogens (tertiary/aromatic N) is 5. The van der Waals surface area contributed by atoms with E-state index in [0.29, 0.717) is 11.8 Å². The van der Waals surface area contributed by atoms with Gasteiger partial charge >= 0.3 is 0 Å². The predicted octanol–water partition coefficient (Wildman–Crippen LogP) is 3.58. The van der Waals surface area contributed by atoms with Crippen molar-refractivity contribution in [1.82, 2.24) is 20.1 Å². The quantitative estimate of drug-likeness (QED) is 0.731. The average Bonchev–Trinajstić information content (AvgIpc) is 3.22. The van der Waals surface area contributed by atoms with Crippen LogP contribution in [0.15, 0.2) is 22.9 Å². The van der Waals surface area contributed by atoms with Gasteiger partial charge in [-0.3, -0.25) is 0 Å². The first kappa shape index (κ1) is 14.6. The lowest BCUT2D eigenvalue weighted by Gasteiger charge is -2.29. The van der Waals surface area contributed by atoms with Crippen LogP contribution < -0.4 is 4.90 Å². The maximum atomic E-state index is 5.45. The Labute approximate surface area is 138 Å². The maximum absolute atomic E-state index is 5.45. The molecule has 1 saturated heterocycles. The van der Waals surface area contributed by atoms with Crippen molar-refractivity contribution >= 4 is 26.8 Å². The molecule has 0 amide bonds. The third kappa shape index (κ3) is 2.81. The second kappa shape index (κ2) is 5.88. The van der Waals surface area contributed by atoms with Crippen LogP contribution in [0.4, 0.5) is 5.13 Å². The van der Waals surface area contributed by atoms with E-state index in [0.717, 1.165) is 53.1 Å². The minimum atomic E-state index is 0.308. The molecular formula is C16H19N5OS. The summed E-state index contributed by atoms with van der Waals surface area (Å²) in [6.45, 7) is 6.09. The van der Waals surface area contributed by atoms with Gasteiger partial charge in [0.1, 0.15) is 10.3 Å². The van der Waals surface area contributed by atoms with Crippen LogP contribution in [0.1, 0.15) is 50.2 Å². The van der Waals surface area contributed by atoms with Crippen molar-refractivity contribution in [3.63, 3.8) is 0 Å². The van der Waals surface area contributed by atoms with Crippen molar-refractivity contribution in [2.45, 2.75) is 38.5 Å². The number of hydrogen-bond donors (Lipinski definition) is 0. The first-order valence-electron chi connectivity index (χ1n) is 8.00. The molecule has 0 N–H and O–H groups in total. The van der Waals surface area contributed by atoms with E-state index in [9.17, 15) is 0 Å². The van der Waals surface area contributed by atoms with Crippen molar-refractivity contribution in [1.29, 1.82) is 0 Å². The lowest BCUT2D eigenvalue weighted by atomic mass is 9.97. The van der Waals surface area contributed by atoms with Crippen molar-refractivity contribution in [3.8, 4) is 0 Å². The molecule has 4 heterocycles. The summed E-state index contributed by atoms with van der Waals surface area (Å²) in [5.41, 5.74) is 0.980. The molecule has 3 aromatic heterocycles. The summed E-state index contributed by atoms with van der Waals surface area (Å²) in [5.74, 6) is 2.26. The van der Waals surface area contributed by atoms with Gasteiger partial charge in [0, 0.05) is 31.1 Å². The molecule has 1 aliphatic heterocycles. The highest BCUT2D eigenvalue weighted by Crippen LogP contribution is 2.33. The Balaban J connectivity index is 1.45. The van der Waals surface area contributed by atoms with E-state index in [1.165, 1.54) is 0 Å². The number of thiazole rings is 1. The summed E-state index contributed by atoms with van der Waals surface area (Å²) in [6.07, 6.45) is 3.85. The van der Waals surface area contributed by atoms with E-state index in [1.54, 1.807) is 11.3 Å². The number of anilines is 1. The van der Waals surface area contributed by atoms with E-state index < -0.39 is 0 Å². The lowest BCUT2D eigenvalue weighted by Crippen LogP contribution is -2.32. The highest BCUT2D eigenvalue weighted by molar-refractivity contribution is 7.21. The molecule has 0 aromatic carbocycles. The first-order valence-corrected chi connectivity index (χ1v) is 8.82. The summed E-state index contributed by atoms with van der Waals surface area (Å²) in [6, 6.07) is 3.95. The molecule has 0 radical (unpaired) electrons. The molecule has 6 nitrogen and oxygen atoms in total. The zero-order valence-electron chi connectivity index (χ0n) is 13.3. The van der Waals surface area contributed by atoms with E-state index in [4.69, 9.17) is 9.51 Å². The summed E-state index contributed by atoms with van der Waals surface area (Å²) < 4.78 is 5.45. The molecule has 0 aliphatic carbocycles. The van der Waals surface area contributed by atoms with Crippen LogP contribution in [-0.2, 0) is 0 Å². The fourth-order valence-electron chi connectivity index (χ4n) is 2.86. The molecule has 120 valence electrons. The fourth-order valence-corrected chi connectivity index (χ4v) is 3.82. The molecule has 0 unspecified atom stereocenters. The number of hydrogen-bond acceptors (Lipinski definition) is 7. The van der Waals surface area contributed by atoms with Gasteiger partial charge in [-0.1, -0.05) is 30.3 Å². The SMILES string of the molecule is CC(C)c1noc(C2CCN(c3nc4cccnc4s3)CC2)n1. The van der Waals surface area contributed by atoms with Gasteiger partial charge in [0.15, 0.2) is 11.0 Å². The van der Waals surface area contributed by atoms with Crippen LogP contribution in [0, 0.1) is 0 Å². The van der Waals surface area contributed by atoms with Crippen LogP contribution in [0.5, 0.6) is 0 Å². The smallest absolute Gasteiger partial charge is 0.229 e. The molecule has 1 aliphatic rings. The molecule has 0 bridgehead atoms. The standard InChI is InChI=1S/C16H19N5OS/c1-10(2)13-19-14(22-20-13)11-5-8-21(9-6-11)16-18-12-4-3-7-17-15(12)23-16/h3-4,7,10-11H,5-6,8-9H2,1-2H3. The van der Waals surface area contributed by atoms with Gasteiger partial charge < -0.3 is 9.42 Å². The fraction of sp³-hybridized carbons (Fsp3) is 0.500. The number of aromatic nitrogens is 4. The molecule has 23 heavy (non-hydrogen) atoms. The molecule has 0 spiro atoms. The summed E-state index contributed by atoms with van der Waals surface area (Å²) in [4.78, 5) is 17.0. The molecule has 0 saturated carbocycles. The van der Waals surface area contributed by atoms with Gasteiger partial charge in [-0.05, 0) is 25.0 Å². The number of rotatable bonds is 3. The second-order valence-electron chi connectivity index (χ2n) is 6.23. The third-order valence-corrected chi connectivity index (χ3v) is 5.28. The van der Waals surface area contributed by atoms with Crippen molar-refractivity contribution in [3.05, 3.63) is 30.0 Å². The molecule has 7 heteroatoms. The topological polar surface area (TPSA) is 67.9 Å². The van der Waals surface area contributed by atoms with Crippen LogP contribution in [-0.4, -0.2) is 33.2 Å². The van der Waals surface area contributed by atoms with Crippen LogP contribution in [0.3, 0.4) is 0 Å². The Bertz CT molecular complexity index is 771. The Kier molecular flexibility index (Phi) is 3.72. The summed E-state index contributed by atoms with van der Waals surface area (Å²) in [7, 11) is 0. The molecule has 4 rings (SSSR count). The largest absolute Gasteiger partial charge is 0.348 e. The molecule has 3 aromatic rings.